The summed E-state index contributed by atoms with van der Waals surface area (Å²) in [5, 5.41) is 0. The number of carbonyl (C=O) groups is 1. The first-order valence-electron chi connectivity index (χ1n) is 9.76. The number of hydrogen-bond donors (Lipinski definition) is 0. The average molecular weight is 384 g/mol. The number of carbonyl (C=O) groups excluding carboxylic acids is 1. The van der Waals surface area contributed by atoms with Gasteiger partial charge in [0.2, 0.25) is 0 Å². The molecule has 0 atom stereocenters. The molecule has 0 aliphatic rings. The Morgan fingerprint density at radius 1 is 1.03 bits per heavy atom. The molecule has 0 bridgehead atoms. The number of methoxy groups -OCH3 is 1. The Labute approximate surface area is 170 Å². The zero-order valence-electron chi connectivity index (χ0n) is 17.0. The number of Topliss-reactive ketones (excluding diaryl/α,β-unsaturated/α-hetero) is 1. The van der Waals surface area contributed by atoms with Gasteiger partial charge >= 0.3 is 0 Å². The molecule has 146 valence electrons. The van der Waals surface area contributed by atoms with Crippen molar-refractivity contribution in [2.24, 2.45) is 0 Å². The minimum Gasteiger partial charge on any atom is -0.497 e. The quantitative estimate of drug-likeness (QED) is 0.414. The predicted octanol–water partition coefficient (Wildman–Crippen LogP) is 5.47. The van der Waals surface area contributed by atoms with Gasteiger partial charge in [0.05, 0.1) is 23.8 Å². The van der Waals surface area contributed by atoms with Crippen molar-refractivity contribution in [1.29, 1.82) is 0 Å². The molecular formula is C25H24N2O2. The van der Waals surface area contributed by atoms with Gasteiger partial charge in [-0.3, -0.25) is 9.36 Å². The van der Waals surface area contributed by atoms with Crippen LogP contribution in [0.4, 0.5) is 0 Å². The van der Waals surface area contributed by atoms with Crippen LogP contribution in [0.25, 0.3) is 16.7 Å². The van der Waals surface area contributed by atoms with Gasteiger partial charge in [-0.25, -0.2) is 4.98 Å². The Balaban J connectivity index is 1.56. The van der Waals surface area contributed by atoms with Gasteiger partial charge in [0.1, 0.15) is 12.1 Å². The van der Waals surface area contributed by atoms with Gasteiger partial charge in [-0.15, -0.1) is 0 Å². The molecule has 0 radical (unpaired) electrons. The highest BCUT2D eigenvalue weighted by Crippen LogP contribution is 2.23. The Bertz CT molecular complexity index is 1190. The third-order valence-electron chi connectivity index (χ3n) is 5.27. The molecule has 1 aromatic heterocycles. The van der Waals surface area contributed by atoms with Crippen LogP contribution in [0.1, 0.15) is 33.5 Å². The van der Waals surface area contributed by atoms with Crippen molar-refractivity contribution < 1.29 is 9.53 Å². The van der Waals surface area contributed by atoms with E-state index in [4.69, 9.17) is 4.74 Å². The lowest BCUT2D eigenvalue weighted by molar-refractivity contribution is 0.0983. The maximum absolute atomic E-state index is 12.7. The minimum absolute atomic E-state index is 0.121. The van der Waals surface area contributed by atoms with Gasteiger partial charge in [-0.1, -0.05) is 24.3 Å². The van der Waals surface area contributed by atoms with Crippen LogP contribution in [-0.4, -0.2) is 22.4 Å². The highest BCUT2D eigenvalue weighted by Gasteiger charge is 2.12. The topological polar surface area (TPSA) is 44.1 Å². The summed E-state index contributed by atoms with van der Waals surface area (Å²) in [6.45, 7) is 4.18. The van der Waals surface area contributed by atoms with Crippen LogP contribution in [0.15, 0.2) is 67.0 Å². The highest BCUT2D eigenvalue weighted by molar-refractivity contribution is 5.99. The molecule has 0 N–H and O–H groups in total. The van der Waals surface area contributed by atoms with Crippen molar-refractivity contribution in [3.05, 3.63) is 89.2 Å². The number of aryl methyl sites for hydroxylation is 3. The van der Waals surface area contributed by atoms with Crippen LogP contribution in [0.3, 0.4) is 0 Å². The fraction of sp³-hybridized carbons (Fsp3) is 0.200. The van der Waals surface area contributed by atoms with Crippen molar-refractivity contribution in [3.63, 3.8) is 0 Å². The lowest BCUT2D eigenvalue weighted by atomic mass is 10.0. The second-order valence-corrected chi connectivity index (χ2v) is 7.38. The molecule has 4 rings (SSSR count). The van der Waals surface area contributed by atoms with Gasteiger partial charge in [0, 0.05) is 12.0 Å². The zero-order valence-corrected chi connectivity index (χ0v) is 17.0. The second kappa shape index (κ2) is 7.92. The molecule has 4 aromatic rings. The van der Waals surface area contributed by atoms with Crippen LogP contribution in [0, 0.1) is 13.8 Å². The number of benzene rings is 3. The Morgan fingerprint density at radius 2 is 1.90 bits per heavy atom. The standard InChI is InChI=1S/C25H24N2O2/c1-17-7-8-18(2)24(13-17)27-16-26-22-15-20(10-11-23(22)27)25(28)12-9-19-5-4-6-21(14-19)29-3/h4-8,10-11,13-16H,9,12H2,1-3H3. The smallest absolute Gasteiger partial charge is 0.163 e. The third kappa shape index (κ3) is 3.92. The summed E-state index contributed by atoms with van der Waals surface area (Å²) in [6.07, 6.45) is 2.97. The first-order chi connectivity index (χ1) is 14.0. The SMILES string of the molecule is COc1cccc(CCC(=O)c2ccc3c(c2)ncn3-c2cc(C)ccc2C)c1. The van der Waals surface area contributed by atoms with E-state index in [-0.39, 0.29) is 5.78 Å². The van der Waals surface area contributed by atoms with E-state index in [1.807, 2.05) is 48.8 Å². The van der Waals surface area contributed by atoms with Crippen molar-refractivity contribution in [2.45, 2.75) is 26.7 Å². The van der Waals surface area contributed by atoms with Crippen molar-refractivity contribution in [2.75, 3.05) is 7.11 Å². The molecule has 29 heavy (non-hydrogen) atoms. The monoisotopic (exact) mass is 384 g/mol. The summed E-state index contributed by atoms with van der Waals surface area (Å²) < 4.78 is 7.34. The number of fused-ring (bicyclic) bond motifs is 1. The van der Waals surface area contributed by atoms with Gasteiger partial charge in [0.25, 0.3) is 0 Å². The van der Waals surface area contributed by atoms with E-state index in [1.54, 1.807) is 7.11 Å². The lowest BCUT2D eigenvalue weighted by Crippen LogP contribution is -2.02. The molecule has 0 spiro atoms. The molecule has 4 nitrogen and oxygen atoms in total. The van der Waals surface area contributed by atoms with Crippen LogP contribution in [-0.2, 0) is 6.42 Å². The van der Waals surface area contributed by atoms with E-state index in [0.717, 1.165) is 28.0 Å². The number of ether oxygens (including phenoxy) is 1. The summed E-state index contributed by atoms with van der Waals surface area (Å²) in [5.41, 5.74) is 7.14. The highest BCUT2D eigenvalue weighted by atomic mass is 16.5. The summed E-state index contributed by atoms with van der Waals surface area (Å²) >= 11 is 0. The van der Waals surface area contributed by atoms with E-state index >= 15 is 0 Å². The van der Waals surface area contributed by atoms with Crippen molar-refractivity contribution >= 4 is 16.8 Å². The molecule has 4 heteroatoms. The maximum Gasteiger partial charge on any atom is 0.163 e. The van der Waals surface area contributed by atoms with Crippen LogP contribution in [0.5, 0.6) is 5.75 Å². The fourth-order valence-electron chi connectivity index (χ4n) is 3.59. The molecule has 0 saturated carbocycles. The molecule has 0 amide bonds. The van der Waals surface area contributed by atoms with Crippen molar-refractivity contribution in [1.82, 2.24) is 9.55 Å². The fourth-order valence-corrected chi connectivity index (χ4v) is 3.59. The van der Waals surface area contributed by atoms with Crippen LogP contribution < -0.4 is 4.74 Å². The lowest BCUT2D eigenvalue weighted by Gasteiger charge is -2.09. The van der Waals surface area contributed by atoms with Gasteiger partial charge in [-0.2, -0.15) is 0 Å². The zero-order chi connectivity index (χ0) is 20.4. The third-order valence-corrected chi connectivity index (χ3v) is 5.27. The average Bonchev–Trinajstić information content (AvgIpc) is 3.17. The number of imidazole rings is 1. The number of aromatic nitrogens is 2. The largest absolute Gasteiger partial charge is 0.497 e. The second-order valence-electron chi connectivity index (χ2n) is 7.38. The van der Waals surface area contributed by atoms with Gasteiger partial charge in [0.15, 0.2) is 5.78 Å². The molecule has 3 aromatic carbocycles. The molecule has 0 aliphatic heterocycles. The van der Waals surface area contributed by atoms with E-state index in [1.165, 1.54) is 11.1 Å². The molecule has 1 heterocycles. The molecule has 0 fully saturated rings. The summed E-state index contributed by atoms with van der Waals surface area (Å²) in [7, 11) is 1.65. The maximum atomic E-state index is 12.7. The molecule has 0 aliphatic carbocycles. The van der Waals surface area contributed by atoms with Crippen LogP contribution >= 0.6 is 0 Å². The number of nitrogens with zero attached hydrogens (tertiary/aromatic N) is 2. The van der Waals surface area contributed by atoms with Crippen molar-refractivity contribution in [3.8, 4) is 11.4 Å². The summed E-state index contributed by atoms with van der Waals surface area (Å²) in [6, 6.07) is 20.0. The van der Waals surface area contributed by atoms with Gasteiger partial charge < -0.3 is 4.74 Å². The Kier molecular flexibility index (Phi) is 5.17. The summed E-state index contributed by atoms with van der Waals surface area (Å²) in [4.78, 5) is 17.3. The van der Waals surface area contributed by atoms with Crippen LogP contribution in [0.2, 0.25) is 0 Å². The normalized spacial score (nSPS) is 11.0. The van der Waals surface area contributed by atoms with E-state index in [9.17, 15) is 4.79 Å². The molecule has 0 saturated heterocycles. The predicted molar refractivity (Wildman–Crippen MR) is 116 cm³/mol. The first kappa shape index (κ1) is 18.9. The minimum atomic E-state index is 0.121. The first-order valence-corrected chi connectivity index (χ1v) is 9.76. The summed E-state index contributed by atoms with van der Waals surface area (Å²) in [5.74, 6) is 0.935. The van der Waals surface area contributed by atoms with Gasteiger partial charge in [-0.05, 0) is 73.4 Å². The molecule has 0 unspecified atom stereocenters. The van der Waals surface area contributed by atoms with E-state index in [0.29, 0.717) is 18.4 Å². The molecular weight excluding hydrogens is 360 g/mol. The van der Waals surface area contributed by atoms with E-state index in [2.05, 4.69) is 41.6 Å². The number of ketones is 1. The van der Waals surface area contributed by atoms with E-state index < -0.39 is 0 Å². The number of rotatable bonds is 6. The Hall–Kier alpha value is -3.40. The number of hydrogen-bond acceptors (Lipinski definition) is 3. The Morgan fingerprint density at radius 3 is 2.72 bits per heavy atom.